The molecule has 5 atom stereocenters. The van der Waals surface area contributed by atoms with Crippen LogP contribution >= 0.6 is 0 Å². The number of hydrogen-bond donors (Lipinski definition) is 1. The van der Waals surface area contributed by atoms with Gasteiger partial charge in [-0.3, -0.25) is 0 Å². The van der Waals surface area contributed by atoms with Crippen molar-refractivity contribution in [2.45, 2.75) is 45.5 Å². The van der Waals surface area contributed by atoms with Crippen LogP contribution in [0.2, 0.25) is 0 Å². The molecule has 5 unspecified atom stereocenters. The molecular weight excluding hydrogens is 250 g/mol. The van der Waals surface area contributed by atoms with E-state index in [1.54, 1.807) is 0 Å². The first-order chi connectivity index (χ1) is 8.91. The standard InChI is InChI=1S/C15H20F2O2/c1-8-9(2)19-10(3)14(8)13(18)7-11-5-4-6-12(16)15(11)17/h4-6,8-10,13-14,18H,7H2,1-3H3. The second kappa shape index (κ2) is 5.55. The van der Waals surface area contributed by atoms with E-state index in [1.165, 1.54) is 12.1 Å². The number of aliphatic hydroxyl groups excluding tert-OH is 1. The average Bonchev–Trinajstić information content (AvgIpc) is 2.59. The molecule has 0 bridgehead atoms. The molecule has 0 saturated carbocycles. The molecule has 0 aliphatic carbocycles. The molecule has 2 rings (SSSR count). The van der Waals surface area contributed by atoms with Crippen LogP contribution in [0.25, 0.3) is 0 Å². The molecule has 0 amide bonds. The van der Waals surface area contributed by atoms with E-state index in [1.807, 2.05) is 20.8 Å². The van der Waals surface area contributed by atoms with Gasteiger partial charge in [0.05, 0.1) is 18.3 Å². The summed E-state index contributed by atoms with van der Waals surface area (Å²) in [6.45, 7) is 5.90. The number of hydrogen-bond acceptors (Lipinski definition) is 2. The molecule has 1 aliphatic heterocycles. The highest BCUT2D eigenvalue weighted by atomic mass is 19.2. The van der Waals surface area contributed by atoms with Gasteiger partial charge in [-0.25, -0.2) is 8.78 Å². The summed E-state index contributed by atoms with van der Waals surface area (Å²) >= 11 is 0. The Morgan fingerprint density at radius 2 is 1.89 bits per heavy atom. The van der Waals surface area contributed by atoms with Crippen LogP contribution in [0, 0.1) is 23.5 Å². The summed E-state index contributed by atoms with van der Waals surface area (Å²) in [6.07, 6.45) is -0.617. The van der Waals surface area contributed by atoms with Gasteiger partial charge in [-0.05, 0) is 31.4 Å². The lowest BCUT2D eigenvalue weighted by atomic mass is 9.82. The Labute approximate surface area is 112 Å². The highest BCUT2D eigenvalue weighted by molar-refractivity contribution is 5.20. The first-order valence-corrected chi connectivity index (χ1v) is 6.68. The molecule has 1 N–H and O–H groups in total. The Hall–Kier alpha value is -1.00. The molecule has 0 aromatic heterocycles. The maximum atomic E-state index is 13.6. The molecule has 2 nitrogen and oxygen atoms in total. The van der Waals surface area contributed by atoms with Crippen molar-refractivity contribution in [1.29, 1.82) is 0 Å². The SMILES string of the molecule is CC1OC(C)C(C(O)Cc2cccc(F)c2F)C1C. The van der Waals surface area contributed by atoms with E-state index in [9.17, 15) is 13.9 Å². The minimum Gasteiger partial charge on any atom is -0.392 e. The van der Waals surface area contributed by atoms with Gasteiger partial charge in [-0.2, -0.15) is 0 Å². The fourth-order valence-electron chi connectivity index (χ4n) is 3.02. The normalized spacial score (nSPS) is 32.5. The van der Waals surface area contributed by atoms with Crippen molar-refractivity contribution in [3.8, 4) is 0 Å². The molecule has 106 valence electrons. The highest BCUT2D eigenvalue weighted by Gasteiger charge is 2.41. The molecule has 1 aromatic rings. The molecular formula is C15H20F2O2. The van der Waals surface area contributed by atoms with E-state index >= 15 is 0 Å². The van der Waals surface area contributed by atoms with Crippen LogP contribution in [-0.2, 0) is 11.2 Å². The molecule has 4 heteroatoms. The zero-order chi connectivity index (χ0) is 14.2. The van der Waals surface area contributed by atoms with E-state index in [0.717, 1.165) is 6.07 Å². The molecule has 1 saturated heterocycles. The van der Waals surface area contributed by atoms with Gasteiger partial charge in [0.1, 0.15) is 0 Å². The number of rotatable bonds is 3. The first-order valence-electron chi connectivity index (χ1n) is 6.68. The smallest absolute Gasteiger partial charge is 0.162 e. The van der Waals surface area contributed by atoms with Crippen LogP contribution < -0.4 is 0 Å². The number of ether oxygens (including phenoxy) is 1. The molecule has 19 heavy (non-hydrogen) atoms. The molecule has 0 radical (unpaired) electrons. The summed E-state index contributed by atoms with van der Waals surface area (Å²) in [5.41, 5.74) is 0.214. The van der Waals surface area contributed by atoms with Crippen LogP contribution in [0.3, 0.4) is 0 Å². The zero-order valence-corrected chi connectivity index (χ0v) is 11.4. The predicted octanol–water partition coefficient (Wildman–Crippen LogP) is 2.93. The van der Waals surface area contributed by atoms with Crippen LogP contribution in [0.5, 0.6) is 0 Å². The van der Waals surface area contributed by atoms with Crippen molar-refractivity contribution in [2.75, 3.05) is 0 Å². The monoisotopic (exact) mass is 270 g/mol. The Morgan fingerprint density at radius 1 is 1.21 bits per heavy atom. The van der Waals surface area contributed by atoms with E-state index in [-0.39, 0.29) is 36.0 Å². The molecule has 1 aliphatic rings. The first kappa shape index (κ1) is 14.4. The quantitative estimate of drug-likeness (QED) is 0.915. The van der Waals surface area contributed by atoms with Crippen LogP contribution in [0.15, 0.2) is 18.2 Å². The Morgan fingerprint density at radius 3 is 2.47 bits per heavy atom. The van der Waals surface area contributed by atoms with Crippen molar-refractivity contribution in [1.82, 2.24) is 0 Å². The third-order valence-corrected chi connectivity index (χ3v) is 4.22. The fraction of sp³-hybridized carbons (Fsp3) is 0.600. The highest BCUT2D eigenvalue weighted by Crippen LogP contribution is 2.35. The van der Waals surface area contributed by atoms with Gasteiger partial charge in [0, 0.05) is 12.3 Å². The van der Waals surface area contributed by atoms with Gasteiger partial charge < -0.3 is 9.84 Å². The van der Waals surface area contributed by atoms with Gasteiger partial charge in [-0.15, -0.1) is 0 Å². The zero-order valence-electron chi connectivity index (χ0n) is 11.4. The lowest BCUT2D eigenvalue weighted by molar-refractivity contribution is 0.0237. The van der Waals surface area contributed by atoms with Crippen LogP contribution in [0.1, 0.15) is 26.3 Å². The van der Waals surface area contributed by atoms with Crippen molar-refractivity contribution >= 4 is 0 Å². The van der Waals surface area contributed by atoms with Crippen molar-refractivity contribution < 1.29 is 18.6 Å². The van der Waals surface area contributed by atoms with Gasteiger partial charge in [0.15, 0.2) is 11.6 Å². The van der Waals surface area contributed by atoms with E-state index in [0.29, 0.717) is 0 Å². The third kappa shape index (κ3) is 2.79. The fourth-order valence-corrected chi connectivity index (χ4v) is 3.02. The van der Waals surface area contributed by atoms with Crippen molar-refractivity contribution in [2.24, 2.45) is 11.8 Å². The summed E-state index contributed by atoms with van der Waals surface area (Å²) in [7, 11) is 0. The van der Waals surface area contributed by atoms with E-state index in [4.69, 9.17) is 4.74 Å². The summed E-state index contributed by atoms with van der Waals surface area (Å²) in [6, 6.07) is 4.05. The van der Waals surface area contributed by atoms with Crippen LogP contribution in [0.4, 0.5) is 8.78 Å². The summed E-state index contributed by atoms with van der Waals surface area (Å²) in [4.78, 5) is 0. The topological polar surface area (TPSA) is 29.5 Å². The summed E-state index contributed by atoms with van der Waals surface area (Å²) in [5.74, 6) is -1.60. The van der Waals surface area contributed by atoms with Gasteiger partial charge in [0.2, 0.25) is 0 Å². The lowest BCUT2D eigenvalue weighted by Crippen LogP contribution is -2.32. The van der Waals surface area contributed by atoms with E-state index in [2.05, 4.69) is 0 Å². The average molecular weight is 270 g/mol. The summed E-state index contributed by atoms with van der Waals surface area (Å²) < 4.78 is 32.4. The Bertz CT molecular complexity index is 450. The number of benzene rings is 1. The Balaban J connectivity index is 2.13. The van der Waals surface area contributed by atoms with Gasteiger partial charge in [-0.1, -0.05) is 19.1 Å². The van der Waals surface area contributed by atoms with Gasteiger partial charge in [0.25, 0.3) is 0 Å². The largest absolute Gasteiger partial charge is 0.392 e. The maximum absolute atomic E-state index is 13.6. The third-order valence-electron chi connectivity index (χ3n) is 4.22. The van der Waals surface area contributed by atoms with E-state index < -0.39 is 17.7 Å². The Kier molecular flexibility index (Phi) is 4.21. The van der Waals surface area contributed by atoms with Gasteiger partial charge >= 0.3 is 0 Å². The molecule has 1 fully saturated rings. The second-order valence-corrected chi connectivity index (χ2v) is 5.47. The van der Waals surface area contributed by atoms with Crippen LogP contribution in [-0.4, -0.2) is 23.4 Å². The maximum Gasteiger partial charge on any atom is 0.162 e. The molecule has 1 aromatic carbocycles. The van der Waals surface area contributed by atoms with Crippen molar-refractivity contribution in [3.05, 3.63) is 35.4 Å². The lowest BCUT2D eigenvalue weighted by Gasteiger charge is -2.24. The minimum absolute atomic E-state index is 0.0577. The predicted molar refractivity (Wildman–Crippen MR) is 68.7 cm³/mol. The second-order valence-electron chi connectivity index (χ2n) is 5.47. The number of halogens is 2. The summed E-state index contributed by atoms with van der Waals surface area (Å²) in [5, 5.41) is 10.3. The molecule has 0 spiro atoms. The minimum atomic E-state index is -0.873. The molecule has 1 heterocycles. The number of aliphatic hydroxyl groups is 1. The van der Waals surface area contributed by atoms with Crippen molar-refractivity contribution in [3.63, 3.8) is 0 Å².